The molecule has 0 spiro atoms. The van der Waals surface area contributed by atoms with Gasteiger partial charge in [-0.15, -0.1) is 0 Å². The van der Waals surface area contributed by atoms with E-state index < -0.39 is 0 Å². The van der Waals surface area contributed by atoms with Crippen molar-refractivity contribution >= 4 is 87.7 Å². The summed E-state index contributed by atoms with van der Waals surface area (Å²) >= 11 is 0. The van der Waals surface area contributed by atoms with E-state index in [-0.39, 0.29) is 100 Å². The van der Waals surface area contributed by atoms with Crippen LogP contribution in [0.1, 0.15) is 0 Å². The first kappa shape index (κ1) is 160. The zero-order chi connectivity index (χ0) is 20.0. The molecule has 0 fully saturated rings. The molecule has 0 amide bonds. The summed E-state index contributed by atoms with van der Waals surface area (Å²) in [5.41, 5.74) is 0. The predicted octanol–water partition coefficient (Wildman–Crippen LogP) is -2.63. The number of rotatable bonds is 0. The van der Waals surface area contributed by atoms with Crippen LogP contribution in [0.5, 0.6) is 0 Å². The van der Waals surface area contributed by atoms with Crippen molar-refractivity contribution < 1.29 is 128 Å². The average Bonchev–Trinajstić information content (AvgIpc) is 2.71. The zero-order valence-corrected chi connectivity index (χ0v) is 25.0. The fourth-order valence-electron chi connectivity index (χ4n) is 0. The van der Waals surface area contributed by atoms with E-state index in [1.54, 1.807) is 0 Å². The van der Waals surface area contributed by atoms with E-state index in [9.17, 15) is 0 Å². The molecule has 0 bridgehead atoms. The monoisotopic (exact) mass is 1130 g/mol. The van der Waals surface area contributed by atoms with Crippen LogP contribution < -0.4 is 0 Å². The molecule has 10 nitrogen and oxygen atoms in total. The van der Waals surface area contributed by atoms with Gasteiger partial charge in [-0.05, 0) is 0 Å². The van der Waals surface area contributed by atoms with E-state index in [4.69, 9.17) is 47.9 Å². The third-order valence-electron chi connectivity index (χ3n) is 0. The Morgan fingerprint density at radius 2 is 0.231 bits per heavy atom. The minimum atomic E-state index is 0. The maximum absolute atomic E-state index is 7.75. The van der Waals surface area contributed by atoms with Gasteiger partial charge in [0, 0.05) is 60.3 Å². The van der Waals surface area contributed by atoms with Gasteiger partial charge in [-0.25, -0.2) is 0 Å². The normalized spacial score (nSPS) is 1.54. The predicted molar refractivity (Wildman–Crippen MR) is 89.7 cm³/mol. The molecule has 0 aromatic heterocycles. The van der Waals surface area contributed by atoms with Crippen LogP contribution in [0.4, 0.5) is 0 Å². The summed E-state index contributed by atoms with van der Waals surface area (Å²) in [7, 11) is 0. The van der Waals surface area contributed by atoms with Crippen LogP contribution in [0.2, 0.25) is 0 Å². The van der Waals surface area contributed by atoms with Crippen molar-refractivity contribution in [3.63, 3.8) is 0 Å². The van der Waals surface area contributed by atoms with Crippen LogP contribution >= 0.6 is 19.8 Å². The third-order valence-corrected chi connectivity index (χ3v) is 0. The first-order valence-electron chi connectivity index (χ1n) is 2.36. The summed E-state index contributed by atoms with van der Waals surface area (Å²) in [6.45, 7) is 32.5. The average molecular weight is 1130 g/mol. The van der Waals surface area contributed by atoms with E-state index in [0.29, 0.717) is 0 Å². The van der Waals surface area contributed by atoms with E-state index in [0.717, 1.165) is 0 Å². The van der Waals surface area contributed by atoms with Gasteiger partial charge in [0.2, 0.25) is 0 Å². The Morgan fingerprint density at radius 3 is 0.231 bits per heavy atom. The maximum Gasteiger partial charge on any atom is 3.00 e. The van der Waals surface area contributed by atoms with Crippen molar-refractivity contribution in [1.29, 1.82) is 0 Å². The summed E-state index contributed by atoms with van der Waals surface area (Å²) in [4.78, 5) is 77.5. The molecule has 0 heterocycles. The Kier molecular flexibility index (Phi) is 3660000. The standard InChI is InChI=1S/10CHO.4Ir.2H3P/c10*1-2;;;;;;/h10*1H;;;;;2*1H3/q10*-1;;;;+3;;. The summed E-state index contributed by atoms with van der Waals surface area (Å²) in [6, 6.07) is 0. The minimum Gasteiger partial charge on any atom is -0.545 e. The molecule has 2 atom stereocenters. The Hall–Kier alpha value is 0.157. The second-order valence-electron chi connectivity index (χ2n) is 0. The van der Waals surface area contributed by atoms with Gasteiger partial charge in [0.1, 0.15) is 0 Å². The molecule has 0 saturated heterocycles. The summed E-state index contributed by atoms with van der Waals surface area (Å²) in [5.74, 6) is 0. The third kappa shape index (κ3) is 523000. The summed E-state index contributed by atoms with van der Waals surface area (Å²) < 4.78 is 0. The summed E-state index contributed by atoms with van der Waals surface area (Å²) in [6.07, 6.45) is 0. The first-order valence-corrected chi connectivity index (χ1v) is 2.36. The SMILES string of the molecule is P.P.[CH-]=O.[CH-]=O.[CH-]=O.[CH-]=O.[CH-]=O.[CH-]=O.[CH-]=O.[CH-]=O.[CH-]=O.[CH-]=O.[Ir+3].[Ir].[Ir].[Ir]. The van der Waals surface area contributed by atoms with Gasteiger partial charge in [0.15, 0.2) is 0 Å². The number of hydrogen-bond donors (Lipinski definition) is 0. The second kappa shape index (κ2) is 593000. The molecule has 0 rings (SSSR count). The van der Waals surface area contributed by atoms with Crippen molar-refractivity contribution in [2.24, 2.45) is 0 Å². The Morgan fingerprint density at radius 1 is 0.231 bits per heavy atom. The fraction of sp³-hybridized carbons (Fsp3) is 0. The number of carbonyl (C=O) groups excluding carboxylic acids is 10. The van der Waals surface area contributed by atoms with Crippen molar-refractivity contribution in [1.82, 2.24) is 0 Å². The van der Waals surface area contributed by atoms with Crippen molar-refractivity contribution in [2.75, 3.05) is 0 Å². The molecule has 16 heteroatoms. The molecule has 0 saturated carbocycles. The fourth-order valence-corrected chi connectivity index (χ4v) is 0. The van der Waals surface area contributed by atoms with Gasteiger partial charge in [-0.3, -0.25) is 67.9 Å². The van der Waals surface area contributed by atoms with E-state index >= 15 is 0 Å². The van der Waals surface area contributed by atoms with Crippen LogP contribution in [0.3, 0.4) is 0 Å². The molecule has 26 heavy (non-hydrogen) atoms. The smallest absolute Gasteiger partial charge is 0.545 e. The first-order chi connectivity index (χ1) is 10.0. The molecule has 3 radical (unpaired) electrons. The summed E-state index contributed by atoms with van der Waals surface area (Å²) in [5, 5.41) is 0. The molecule has 0 aromatic carbocycles. The van der Waals surface area contributed by atoms with Gasteiger partial charge in [-0.1, -0.05) is 0 Å². The quantitative estimate of drug-likeness (QED) is 0.142. The zero-order valence-electron chi connectivity index (χ0n) is 12.6. The van der Waals surface area contributed by atoms with E-state index in [1.165, 1.54) is 0 Å². The van der Waals surface area contributed by atoms with Crippen LogP contribution in [-0.2, 0) is 128 Å². The molecule has 0 N–H and O–H groups in total. The minimum absolute atomic E-state index is 0. The second-order valence-corrected chi connectivity index (χ2v) is 0. The molecular weight excluding hydrogens is 1110 g/mol. The molecule has 0 aliphatic carbocycles. The maximum atomic E-state index is 7.75. The Bertz CT molecular complexity index is 79.0. The van der Waals surface area contributed by atoms with Crippen LogP contribution in [-0.4, -0.2) is 67.9 Å². The van der Waals surface area contributed by atoms with Crippen molar-refractivity contribution in [2.45, 2.75) is 0 Å². The van der Waals surface area contributed by atoms with Gasteiger partial charge in [0.25, 0.3) is 0 Å². The molecule has 0 aliphatic rings. The molecule has 2 unspecified atom stereocenters. The van der Waals surface area contributed by atoms with Gasteiger partial charge in [-0.2, -0.15) is 19.8 Å². The van der Waals surface area contributed by atoms with Crippen LogP contribution in [0.15, 0.2) is 0 Å². The van der Waals surface area contributed by atoms with Crippen LogP contribution in [0, 0.1) is 0 Å². The van der Waals surface area contributed by atoms with Gasteiger partial charge >= 0.3 is 20.1 Å². The Balaban J connectivity index is -0.00000000298. The van der Waals surface area contributed by atoms with Crippen LogP contribution in [0.25, 0.3) is 0 Å². The van der Waals surface area contributed by atoms with Crippen molar-refractivity contribution in [3.05, 3.63) is 0 Å². The molecule has 169 valence electrons. The Labute approximate surface area is 214 Å². The van der Waals surface area contributed by atoms with Crippen molar-refractivity contribution in [3.8, 4) is 0 Å². The van der Waals surface area contributed by atoms with Gasteiger partial charge < -0.3 is 47.9 Å². The molecule has 0 aliphatic heterocycles. The largest absolute Gasteiger partial charge is 3.00 e. The number of hydrogen-bond acceptors (Lipinski definition) is 10. The molecule has 0 aromatic rings. The van der Waals surface area contributed by atoms with Gasteiger partial charge in [0.05, 0.1) is 0 Å². The van der Waals surface area contributed by atoms with E-state index in [1.807, 2.05) is 0 Å². The molecular formula is C10H16Ir4O10P2-7. The van der Waals surface area contributed by atoms with E-state index in [2.05, 4.69) is 67.9 Å². The topological polar surface area (TPSA) is 171 Å².